The van der Waals surface area contributed by atoms with Gasteiger partial charge in [-0.2, -0.15) is 0 Å². The van der Waals surface area contributed by atoms with Crippen LogP contribution in [0.2, 0.25) is 0 Å². The number of halogens is 1. The average molecular weight is 286 g/mol. The van der Waals surface area contributed by atoms with Crippen molar-refractivity contribution in [3.05, 3.63) is 39.0 Å². The largest absolute Gasteiger partial charge is 0.421 e. The molecular formula is C10H7IO2. The highest BCUT2D eigenvalue weighted by atomic mass is 127. The summed E-state index contributed by atoms with van der Waals surface area (Å²) < 4.78 is 6.12. The van der Waals surface area contributed by atoms with Gasteiger partial charge in [0.05, 0.1) is 5.56 Å². The van der Waals surface area contributed by atoms with Gasteiger partial charge in [-0.05, 0) is 35.6 Å². The van der Waals surface area contributed by atoms with Gasteiger partial charge in [-0.15, -0.1) is 0 Å². The third-order valence-corrected chi connectivity index (χ3v) is 2.39. The molecule has 0 amide bonds. The maximum Gasteiger partial charge on any atom is 0.344 e. The molecular weight excluding hydrogens is 279 g/mol. The number of benzene rings is 1. The van der Waals surface area contributed by atoms with Crippen molar-refractivity contribution in [3.63, 3.8) is 0 Å². The zero-order valence-corrected chi connectivity index (χ0v) is 9.16. The summed E-state index contributed by atoms with van der Waals surface area (Å²) in [6, 6.07) is 7.42. The van der Waals surface area contributed by atoms with Crippen LogP contribution in [0, 0.1) is 0 Å². The van der Waals surface area contributed by atoms with Crippen molar-refractivity contribution >= 4 is 34.3 Å². The van der Waals surface area contributed by atoms with Crippen molar-refractivity contribution in [2.75, 3.05) is 0 Å². The molecule has 1 aliphatic rings. The second-order valence-electron chi connectivity index (χ2n) is 2.80. The predicted octanol–water partition coefficient (Wildman–Crippen LogP) is 2.98. The quantitative estimate of drug-likeness (QED) is 0.541. The van der Waals surface area contributed by atoms with E-state index in [2.05, 4.69) is 22.6 Å². The molecule has 0 spiro atoms. The molecule has 0 aliphatic carbocycles. The van der Waals surface area contributed by atoms with E-state index in [1.54, 1.807) is 6.07 Å². The summed E-state index contributed by atoms with van der Waals surface area (Å²) in [4.78, 5) is 11.3. The Morgan fingerprint density at radius 1 is 1.31 bits per heavy atom. The minimum atomic E-state index is -0.249. The molecule has 2 nitrogen and oxygen atoms in total. The normalized spacial score (nSPS) is 18.2. The molecule has 0 aromatic heterocycles. The monoisotopic (exact) mass is 286 g/mol. The molecule has 0 bridgehead atoms. The molecule has 13 heavy (non-hydrogen) atoms. The topological polar surface area (TPSA) is 26.3 Å². The van der Waals surface area contributed by atoms with Gasteiger partial charge in [0.15, 0.2) is 0 Å². The van der Waals surface area contributed by atoms with Crippen molar-refractivity contribution < 1.29 is 9.53 Å². The van der Waals surface area contributed by atoms with Gasteiger partial charge < -0.3 is 4.74 Å². The van der Waals surface area contributed by atoms with Crippen LogP contribution in [-0.4, -0.2) is 5.97 Å². The van der Waals surface area contributed by atoms with E-state index in [9.17, 15) is 4.79 Å². The first-order valence-electron chi connectivity index (χ1n) is 3.88. The van der Waals surface area contributed by atoms with Gasteiger partial charge in [0.2, 0.25) is 0 Å². The van der Waals surface area contributed by atoms with Crippen LogP contribution in [0.25, 0.3) is 5.76 Å². The molecule has 3 heteroatoms. The predicted molar refractivity (Wildman–Crippen MR) is 58.5 cm³/mol. The minimum Gasteiger partial charge on any atom is -0.421 e. The van der Waals surface area contributed by atoms with Crippen LogP contribution in [-0.2, 0) is 4.74 Å². The highest BCUT2D eigenvalue weighted by molar-refractivity contribution is 14.1. The first-order valence-corrected chi connectivity index (χ1v) is 4.96. The van der Waals surface area contributed by atoms with Gasteiger partial charge in [-0.25, -0.2) is 4.79 Å². The van der Waals surface area contributed by atoms with Crippen LogP contribution in [0.15, 0.2) is 27.8 Å². The number of carbonyl (C=O) groups is 1. The number of allylic oxidation sites excluding steroid dienone is 1. The summed E-state index contributed by atoms with van der Waals surface area (Å²) in [5, 5.41) is 0. The lowest BCUT2D eigenvalue weighted by atomic mass is 10.1. The summed E-state index contributed by atoms with van der Waals surface area (Å²) in [6.45, 7) is 1.92. The Bertz CT molecular complexity index is 403. The molecule has 66 valence electrons. The average Bonchev–Trinajstić information content (AvgIpc) is 2.45. The standard InChI is InChI=1S/C10H7IO2/c1-6(11)9-7-4-2-3-5-8(7)10(12)13-9/h2-5H,1H3/b9-6+. The summed E-state index contributed by atoms with van der Waals surface area (Å²) in [5.41, 5.74) is 1.56. The lowest BCUT2D eigenvalue weighted by Crippen LogP contribution is -1.92. The fraction of sp³-hybridized carbons (Fsp3) is 0.100. The number of hydrogen-bond donors (Lipinski definition) is 0. The van der Waals surface area contributed by atoms with E-state index in [0.717, 1.165) is 9.14 Å². The fourth-order valence-corrected chi connectivity index (χ4v) is 1.72. The van der Waals surface area contributed by atoms with E-state index >= 15 is 0 Å². The first-order chi connectivity index (χ1) is 6.20. The molecule has 0 atom stereocenters. The van der Waals surface area contributed by atoms with E-state index in [0.29, 0.717) is 11.3 Å². The Hall–Kier alpha value is -0.840. The third-order valence-electron chi connectivity index (χ3n) is 1.90. The van der Waals surface area contributed by atoms with E-state index < -0.39 is 0 Å². The van der Waals surface area contributed by atoms with Crippen molar-refractivity contribution in [1.29, 1.82) is 0 Å². The van der Waals surface area contributed by atoms with Gasteiger partial charge in [0.25, 0.3) is 0 Å². The second kappa shape index (κ2) is 3.14. The third kappa shape index (κ3) is 1.37. The molecule has 0 N–H and O–H groups in total. The number of carbonyl (C=O) groups excluding carboxylic acids is 1. The number of ether oxygens (including phenoxy) is 1. The highest BCUT2D eigenvalue weighted by Gasteiger charge is 2.26. The van der Waals surface area contributed by atoms with E-state index in [1.165, 1.54) is 0 Å². The lowest BCUT2D eigenvalue weighted by molar-refractivity contribution is 0.0715. The van der Waals surface area contributed by atoms with Crippen LogP contribution < -0.4 is 0 Å². The van der Waals surface area contributed by atoms with Crippen LogP contribution >= 0.6 is 22.6 Å². The molecule has 1 aromatic rings. The zero-order valence-electron chi connectivity index (χ0n) is 7.00. The van der Waals surface area contributed by atoms with Gasteiger partial charge in [0, 0.05) is 9.14 Å². The zero-order chi connectivity index (χ0) is 9.42. The second-order valence-corrected chi connectivity index (χ2v) is 4.42. The maximum atomic E-state index is 11.3. The summed E-state index contributed by atoms with van der Waals surface area (Å²) in [5.74, 6) is 0.447. The van der Waals surface area contributed by atoms with Crippen LogP contribution in [0.5, 0.6) is 0 Å². The number of cyclic esters (lactones) is 1. The van der Waals surface area contributed by atoms with Gasteiger partial charge >= 0.3 is 5.97 Å². The van der Waals surface area contributed by atoms with Crippen molar-refractivity contribution in [2.24, 2.45) is 0 Å². The maximum absolute atomic E-state index is 11.3. The molecule has 0 radical (unpaired) electrons. The number of fused-ring (bicyclic) bond motifs is 1. The molecule has 0 saturated heterocycles. The van der Waals surface area contributed by atoms with Crippen LogP contribution in [0.1, 0.15) is 22.8 Å². The molecule has 2 rings (SSSR count). The van der Waals surface area contributed by atoms with Gasteiger partial charge in [-0.3, -0.25) is 0 Å². The number of hydrogen-bond acceptors (Lipinski definition) is 2. The molecule has 1 heterocycles. The van der Waals surface area contributed by atoms with E-state index in [4.69, 9.17) is 4.74 Å². The van der Waals surface area contributed by atoms with E-state index in [-0.39, 0.29) is 5.97 Å². The highest BCUT2D eigenvalue weighted by Crippen LogP contribution is 2.33. The van der Waals surface area contributed by atoms with E-state index in [1.807, 2.05) is 25.1 Å². The molecule has 1 aromatic carbocycles. The van der Waals surface area contributed by atoms with Crippen molar-refractivity contribution in [2.45, 2.75) is 6.92 Å². The number of esters is 1. The van der Waals surface area contributed by atoms with Crippen LogP contribution in [0.3, 0.4) is 0 Å². The first kappa shape index (κ1) is 8.74. The fourth-order valence-electron chi connectivity index (χ4n) is 1.32. The number of rotatable bonds is 0. The molecule has 1 aliphatic heterocycles. The smallest absolute Gasteiger partial charge is 0.344 e. The van der Waals surface area contributed by atoms with Crippen molar-refractivity contribution in [3.8, 4) is 0 Å². The Morgan fingerprint density at radius 3 is 2.54 bits per heavy atom. The Balaban J connectivity index is 2.67. The molecule has 0 saturated carbocycles. The minimum absolute atomic E-state index is 0.249. The van der Waals surface area contributed by atoms with Gasteiger partial charge in [0.1, 0.15) is 5.76 Å². The lowest BCUT2D eigenvalue weighted by Gasteiger charge is -1.97. The SMILES string of the molecule is C/C(I)=C1\OC(=O)c2ccccc21. The van der Waals surface area contributed by atoms with Crippen LogP contribution in [0.4, 0.5) is 0 Å². The summed E-state index contributed by atoms with van der Waals surface area (Å²) >= 11 is 2.15. The Morgan fingerprint density at radius 2 is 1.92 bits per heavy atom. The summed E-state index contributed by atoms with van der Waals surface area (Å²) in [6.07, 6.45) is 0. The van der Waals surface area contributed by atoms with Crippen molar-refractivity contribution in [1.82, 2.24) is 0 Å². The summed E-state index contributed by atoms with van der Waals surface area (Å²) in [7, 11) is 0. The van der Waals surface area contributed by atoms with Gasteiger partial charge in [-0.1, -0.05) is 18.2 Å². The Kier molecular flexibility index (Phi) is 2.11. The molecule has 0 unspecified atom stereocenters. The Labute approximate surface area is 89.7 Å². The molecule has 0 fully saturated rings.